The SMILES string of the molecule is C/C=C(\Oc1ccc(F)c(F)c1)C(=O)Nc1ccc(OCCO[Si](C)(C)C(C)(C)C)c(OC(F)F)c1. The van der Waals surface area contributed by atoms with Crippen LogP contribution in [-0.2, 0) is 9.22 Å². The predicted molar refractivity (Wildman–Crippen MR) is 131 cm³/mol. The Morgan fingerprint density at radius 2 is 1.72 bits per heavy atom. The van der Waals surface area contributed by atoms with Crippen molar-refractivity contribution in [1.29, 1.82) is 0 Å². The molecule has 0 heterocycles. The number of amides is 1. The van der Waals surface area contributed by atoms with Crippen molar-refractivity contribution in [2.45, 2.75) is 52.4 Å². The fourth-order valence-corrected chi connectivity index (χ4v) is 3.68. The van der Waals surface area contributed by atoms with E-state index in [2.05, 4.69) is 43.9 Å². The Balaban J connectivity index is 2.08. The second-order valence-corrected chi connectivity index (χ2v) is 14.1. The molecule has 11 heteroatoms. The van der Waals surface area contributed by atoms with E-state index in [-0.39, 0.29) is 46.9 Å². The van der Waals surface area contributed by atoms with Crippen LogP contribution in [-0.4, -0.2) is 34.0 Å². The highest BCUT2D eigenvalue weighted by Gasteiger charge is 2.36. The maximum Gasteiger partial charge on any atom is 0.387 e. The molecule has 0 radical (unpaired) electrons. The van der Waals surface area contributed by atoms with E-state index in [4.69, 9.17) is 13.9 Å². The highest BCUT2D eigenvalue weighted by molar-refractivity contribution is 6.74. The first-order chi connectivity index (χ1) is 16.7. The van der Waals surface area contributed by atoms with Gasteiger partial charge in [0.05, 0.1) is 6.61 Å². The number of benzene rings is 2. The normalized spacial score (nSPS) is 12.5. The molecule has 2 rings (SSSR count). The molecule has 0 aliphatic carbocycles. The highest BCUT2D eigenvalue weighted by Crippen LogP contribution is 2.37. The number of carbonyl (C=O) groups is 1. The minimum atomic E-state index is -3.12. The van der Waals surface area contributed by atoms with Crippen LogP contribution < -0.4 is 19.5 Å². The smallest absolute Gasteiger partial charge is 0.387 e. The molecular weight excluding hydrogens is 498 g/mol. The third kappa shape index (κ3) is 8.27. The Labute approximate surface area is 209 Å². The molecule has 0 saturated carbocycles. The van der Waals surface area contributed by atoms with Crippen LogP contribution in [0, 0.1) is 11.6 Å². The van der Waals surface area contributed by atoms with E-state index in [1.54, 1.807) is 0 Å². The van der Waals surface area contributed by atoms with Crippen molar-refractivity contribution in [3.05, 3.63) is 59.9 Å². The first kappa shape index (κ1) is 29.2. The average Bonchev–Trinajstić information content (AvgIpc) is 2.77. The summed E-state index contributed by atoms with van der Waals surface area (Å²) in [6, 6.07) is 6.81. The molecule has 0 fully saturated rings. The molecule has 0 spiro atoms. The number of ether oxygens (including phenoxy) is 3. The van der Waals surface area contributed by atoms with Gasteiger partial charge in [-0.2, -0.15) is 8.78 Å². The number of rotatable bonds is 11. The van der Waals surface area contributed by atoms with E-state index in [1.807, 2.05) is 0 Å². The van der Waals surface area contributed by atoms with Crippen molar-refractivity contribution in [1.82, 2.24) is 0 Å². The van der Waals surface area contributed by atoms with E-state index in [1.165, 1.54) is 31.2 Å². The lowest BCUT2D eigenvalue weighted by Gasteiger charge is -2.36. The molecule has 1 amide bonds. The lowest BCUT2D eigenvalue weighted by atomic mass is 10.2. The Hall–Kier alpha value is -3.05. The number of anilines is 1. The largest absolute Gasteiger partial charge is 0.487 e. The molecule has 0 aliphatic rings. The first-order valence-corrected chi connectivity index (χ1v) is 14.1. The van der Waals surface area contributed by atoms with Gasteiger partial charge in [-0.3, -0.25) is 4.79 Å². The van der Waals surface area contributed by atoms with Crippen LogP contribution in [0.4, 0.5) is 23.2 Å². The maximum atomic E-state index is 13.4. The van der Waals surface area contributed by atoms with Gasteiger partial charge in [0.15, 0.2) is 37.2 Å². The molecule has 2 aromatic rings. The number of alkyl halides is 2. The molecule has 0 saturated heterocycles. The monoisotopic (exact) mass is 529 g/mol. The summed E-state index contributed by atoms with van der Waals surface area (Å²) in [5, 5.41) is 2.50. The van der Waals surface area contributed by atoms with E-state index < -0.39 is 32.5 Å². The summed E-state index contributed by atoms with van der Waals surface area (Å²) >= 11 is 0. The molecule has 2 aromatic carbocycles. The fourth-order valence-electron chi connectivity index (χ4n) is 2.65. The zero-order valence-electron chi connectivity index (χ0n) is 21.1. The lowest BCUT2D eigenvalue weighted by molar-refractivity contribution is -0.114. The van der Waals surface area contributed by atoms with Gasteiger partial charge in [0, 0.05) is 17.8 Å². The van der Waals surface area contributed by atoms with Gasteiger partial charge in [0.2, 0.25) is 0 Å². The van der Waals surface area contributed by atoms with Crippen LogP contribution in [0.25, 0.3) is 0 Å². The summed E-state index contributed by atoms with van der Waals surface area (Å²) in [5.41, 5.74) is 0.119. The van der Waals surface area contributed by atoms with Crippen molar-refractivity contribution < 1.29 is 41.0 Å². The minimum absolute atomic E-state index is 0.0111. The van der Waals surface area contributed by atoms with Gasteiger partial charge in [0.1, 0.15) is 12.4 Å². The number of halogens is 4. The van der Waals surface area contributed by atoms with E-state index >= 15 is 0 Å². The molecule has 198 valence electrons. The third-order valence-electron chi connectivity index (χ3n) is 5.63. The molecule has 0 aliphatic heterocycles. The second kappa shape index (κ2) is 12.3. The van der Waals surface area contributed by atoms with Crippen LogP contribution in [0.2, 0.25) is 18.1 Å². The quantitative estimate of drug-likeness (QED) is 0.113. The zero-order chi connectivity index (χ0) is 27.1. The number of hydrogen-bond acceptors (Lipinski definition) is 5. The molecule has 0 bridgehead atoms. The standard InChI is InChI=1S/C25H31F4NO5Si/c1-7-20(34-17-9-10-18(26)19(27)15-17)23(31)30-16-8-11-21(22(14-16)35-24(28)29)32-12-13-33-36(5,6)25(2,3)4/h7-11,14-15,24H,12-13H2,1-6H3,(H,30,31)/b20-7-. The molecule has 36 heavy (non-hydrogen) atoms. The van der Waals surface area contributed by atoms with Gasteiger partial charge in [-0.15, -0.1) is 0 Å². The predicted octanol–water partition coefficient (Wildman–Crippen LogP) is 6.89. The Morgan fingerprint density at radius 3 is 2.31 bits per heavy atom. The molecule has 0 atom stereocenters. The minimum Gasteiger partial charge on any atom is -0.487 e. The Bertz CT molecular complexity index is 1090. The third-order valence-corrected chi connectivity index (χ3v) is 10.2. The number of hydrogen-bond donors (Lipinski definition) is 1. The van der Waals surface area contributed by atoms with Gasteiger partial charge in [-0.05, 0) is 55.4 Å². The molecule has 0 aromatic heterocycles. The van der Waals surface area contributed by atoms with Crippen molar-refractivity contribution in [2.75, 3.05) is 18.5 Å². The summed E-state index contributed by atoms with van der Waals surface area (Å²) in [6.07, 6.45) is 1.31. The van der Waals surface area contributed by atoms with Gasteiger partial charge >= 0.3 is 6.61 Å². The number of carbonyl (C=O) groups excluding carboxylic acids is 1. The summed E-state index contributed by atoms with van der Waals surface area (Å²) in [5.74, 6) is -3.49. The van der Waals surface area contributed by atoms with Gasteiger partial charge in [-0.25, -0.2) is 8.78 Å². The van der Waals surface area contributed by atoms with Crippen molar-refractivity contribution in [3.8, 4) is 17.2 Å². The van der Waals surface area contributed by atoms with Crippen molar-refractivity contribution in [2.24, 2.45) is 0 Å². The average molecular weight is 530 g/mol. The molecule has 1 N–H and O–H groups in total. The lowest BCUT2D eigenvalue weighted by Crippen LogP contribution is -2.41. The highest BCUT2D eigenvalue weighted by atomic mass is 28.4. The summed E-state index contributed by atoms with van der Waals surface area (Å²) in [7, 11) is -1.99. The summed E-state index contributed by atoms with van der Waals surface area (Å²) < 4.78 is 74.0. The van der Waals surface area contributed by atoms with E-state index in [9.17, 15) is 22.4 Å². The van der Waals surface area contributed by atoms with Crippen LogP contribution in [0.5, 0.6) is 17.2 Å². The van der Waals surface area contributed by atoms with Crippen molar-refractivity contribution >= 4 is 19.9 Å². The fraction of sp³-hybridized carbons (Fsp3) is 0.400. The summed E-state index contributed by atoms with van der Waals surface area (Å²) in [4.78, 5) is 12.6. The Morgan fingerprint density at radius 1 is 1.03 bits per heavy atom. The van der Waals surface area contributed by atoms with Gasteiger partial charge in [0.25, 0.3) is 5.91 Å². The molecule has 6 nitrogen and oxygen atoms in total. The van der Waals surface area contributed by atoms with E-state index in [0.717, 1.165) is 18.2 Å². The number of nitrogens with one attached hydrogen (secondary N) is 1. The molecular formula is C25H31F4NO5Si. The van der Waals surface area contributed by atoms with Crippen LogP contribution in [0.15, 0.2) is 48.2 Å². The first-order valence-electron chi connectivity index (χ1n) is 11.2. The Kier molecular flexibility index (Phi) is 9.94. The van der Waals surface area contributed by atoms with Gasteiger partial charge in [-0.1, -0.05) is 20.8 Å². The van der Waals surface area contributed by atoms with Crippen molar-refractivity contribution in [3.63, 3.8) is 0 Å². The summed E-state index contributed by atoms with van der Waals surface area (Å²) in [6.45, 7) is 9.25. The topological polar surface area (TPSA) is 66.0 Å². The van der Waals surface area contributed by atoms with Crippen LogP contribution in [0.1, 0.15) is 27.7 Å². The number of allylic oxidation sites excluding steroid dienone is 1. The molecule has 0 unspecified atom stereocenters. The van der Waals surface area contributed by atoms with Crippen LogP contribution >= 0.6 is 0 Å². The van der Waals surface area contributed by atoms with Gasteiger partial charge < -0.3 is 24.0 Å². The maximum absolute atomic E-state index is 13.4. The van der Waals surface area contributed by atoms with Crippen LogP contribution in [0.3, 0.4) is 0 Å². The zero-order valence-corrected chi connectivity index (χ0v) is 22.1. The van der Waals surface area contributed by atoms with E-state index in [0.29, 0.717) is 0 Å². The second-order valence-electron chi connectivity index (χ2n) is 9.28.